The van der Waals surface area contributed by atoms with Crippen molar-refractivity contribution in [2.75, 3.05) is 26.7 Å². The molecule has 2 rings (SSSR count). The number of carbonyl (C=O) groups excluding carboxylic acids is 2. The molecule has 0 spiro atoms. The predicted molar refractivity (Wildman–Crippen MR) is 88.8 cm³/mol. The maximum Gasteiger partial charge on any atom is 0.242 e. The van der Waals surface area contributed by atoms with Crippen LogP contribution in [-0.4, -0.2) is 43.4 Å². The summed E-state index contributed by atoms with van der Waals surface area (Å²) in [7, 11) is 1.74. The highest BCUT2D eigenvalue weighted by molar-refractivity contribution is 5.85. The Labute approximate surface area is 137 Å². The second-order valence-electron chi connectivity index (χ2n) is 5.59. The number of hydrogen-bond acceptors (Lipinski definition) is 3. The van der Waals surface area contributed by atoms with Crippen molar-refractivity contribution in [3.8, 4) is 0 Å². The zero-order valence-electron chi connectivity index (χ0n) is 12.9. The summed E-state index contributed by atoms with van der Waals surface area (Å²) in [5, 5.41) is 5.75. The van der Waals surface area contributed by atoms with E-state index in [0.717, 1.165) is 18.0 Å². The number of hydrogen-bond donors (Lipinski definition) is 2. The molecule has 0 heterocycles. The molecule has 0 aliphatic heterocycles. The molecule has 22 heavy (non-hydrogen) atoms. The molecule has 1 aromatic carbocycles. The lowest BCUT2D eigenvalue weighted by Crippen LogP contribution is -2.41. The number of nitrogens with zero attached hydrogens (tertiary/aromatic N) is 1. The second-order valence-corrected chi connectivity index (χ2v) is 5.59. The van der Waals surface area contributed by atoms with Crippen LogP contribution in [0.15, 0.2) is 30.3 Å². The van der Waals surface area contributed by atoms with Gasteiger partial charge in [-0.25, -0.2) is 0 Å². The van der Waals surface area contributed by atoms with Crippen LogP contribution in [-0.2, 0) is 16.1 Å². The molecule has 5 nitrogen and oxygen atoms in total. The summed E-state index contributed by atoms with van der Waals surface area (Å²) in [5.41, 5.74) is 1.07. The molecule has 0 atom stereocenters. The molecule has 1 fully saturated rings. The summed E-state index contributed by atoms with van der Waals surface area (Å²) >= 11 is 0. The van der Waals surface area contributed by atoms with Crippen LogP contribution >= 0.6 is 12.4 Å². The number of likely N-dealkylation sites (N-methyl/N-ethyl adjacent to an activating group) is 1. The van der Waals surface area contributed by atoms with Crippen molar-refractivity contribution in [1.82, 2.24) is 15.5 Å². The molecule has 0 bridgehead atoms. The molecule has 6 heteroatoms. The van der Waals surface area contributed by atoms with Gasteiger partial charge in [0.2, 0.25) is 11.8 Å². The Morgan fingerprint density at radius 2 is 1.86 bits per heavy atom. The monoisotopic (exact) mass is 325 g/mol. The summed E-state index contributed by atoms with van der Waals surface area (Å²) in [6, 6.07) is 9.79. The van der Waals surface area contributed by atoms with Gasteiger partial charge in [-0.1, -0.05) is 30.3 Å². The lowest BCUT2D eigenvalue weighted by atomic mass is 10.2. The number of benzene rings is 1. The fraction of sp³-hybridized carbons (Fsp3) is 0.500. The zero-order chi connectivity index (χ0) is 15.1. The van der Waals surface area contributed by atoms with Crippen molar-refractivity contribution in [3.05, 3.63) is 35.9 Å². The van der Waals surface area contributed by atoms with E-state index < -0.39 is 0 Å². The quantitative estimate of drug-likeness (QED) is 0.754. The predicted octanol–water partition coefficient (Wildman–Crippen LogP) is 1.18. The fourth-order valence-electron chi connectivity index (χ4n) is 2.03. The van der Waals surface area contributed by atoms with E-state index in [0.29, 0.717) is 6.54 Å². The Bertz CT molecular complexity index is 478. The Balaban J connectivity index is 0.00000242. The first-order chi connectivity index (χ1) is 10.1. The highest BCUT2D eigenvalue weighted by Crippen LogP contribution is 2.27. The fourth-order valence-corrected chi connectivity index (χ4v) is 2.03. The SMILES string of the molecule is CN(Cc1ccccc1)C(=O)CNC(=O)CNCC1CC1.Cl. The van der Waals surface area contributed by atoms with Crippen LogP contribution < -0.4 is 10.6 Å². The third kappa shape index (κ3) is 6.91. The summed E-state index contributed by atoms with van der Waals surface area (Å²) in [6.45, 7) is 1.78. The lowest BCUT2D eigenvalue weighted by Gasteiger charge is -2.17. The maximum absolute atomic E-state index is 11.9. The molecule has 122 valence electrons. The van der Waals surface area contributed by atoms with E-state index in [9.17, 15) is 9.59 Å². The minimum atomic E-state index is -0.128. The van der Waals surface area contributed by atoms with Gasteiger partial charge >= 0.3 is 0 Å². The van der Waals surface area contributed by atoms with Gasteiger partial charge < -0.3 is 15.5 Å². The molecule has 0 saturated heterocycles. The van der Waals surface area contributed by atoms with Crippen LogP contribution in [0.1, 0.15) is 18.4 Å². The van der Waals surface area contributed by atoms with Gasteiger partial charge in [-0.2, -0.15) is 0 Å². The third-order valence-corrected chi connectivity index (χ3v) is 3.54. The molecule has 1 aromatic rings. The van der Waals surface area contributed by atoms with E-state index in [2.05, 4.69) is 10.6 Å². The smallest absolute Gasteiger partial charge is 0.242 e. The van der Waals surface area contributed by atoms with Crippen LogP contribution in [0, 0.1) is 5.92 Å². The third-order valence-electron chi connectivity index (χ3n) is 3.54. The van der Waals surface area contributed by atoms with Crippen molar-refractivity contribution in [3.63, 3.8) is 0 Å². The molecule has 1 aliphatic carbocycles. The second kappa shape index (κ2) is 9.43. The molecule has 0 unspecified atom stereocenters. The zero-order valence-corrected chi connectivity index (χ0v) is 13.7. The van der Waals surface area contributed by atoms with E-state index in [-0.39, 0.29) is 37.3 Å². The minimum absolute atomic E-state index is 0. The Morgan fingerprint density at radius 1 is 1.18 bits per heavy atom. The van der Waals surface area contributed by atoms with Gasteiger partial charge in [0.15, 0.2) is 0 Å². The number of carbonyl (C=O) groups is 2. The first kappa shape index (κ1) is 18.5. The Kier molecular flexibility index (Phi) is 7.91. The van der Waals surface area contributed by atoms with Gasteiger partial charge in [0.25, 0.3) is 0 Å². The van der Waals surface area contributed by atoms with Crippen molar-refractivity contribution in [1.29, 1.82) is 0 Å². The molecule has 2 amide bonds. The first-order valence-corrected chi connectivity index (χ1v) is 7.40. The normalized spacial score (nSPS) is 13.1. The van der Waals surface area contributed by atoms with E-state index in [1.54, 1.807) is 11.9 Å². The average Bonchev–Trinajstić information content (AvgIpc) is 3.30. The van der Waals surface area contributed by atoms with Crippen molar-refractivity contribution >= 4 is 24.2 Å². The van der Waals surface area contributed by atoms with E-state index in [4.69, 9.17) is 0 Å². The first-order valence-electron chi connectivity index (χ1n) is 7.40. The van der Waals surface area contributed by atoms with E-state index in [1.165, 1.54) is 12.8 Å². The summed E-state index contributed by atoms with van der Waals surface area (Å²) in [4.78, 5) is 25.1. The molecule has 1 aliphatic rings. The van der Waals surface area contributed by atoms with Gasteiger partial charge in [-0.05, 0) is 30.9 Å². The maximum atomic E-state index is 11.9. The summed E-state index contributed by atoms with van der Waals surface area (Å²) < 4.78 is 0. The summed E-state index contributed by atoms with van der Waals surface area (Å²) in [6.07, 6.45) is 2.52. The molecule has 0 aromatic heterocycles. The number of rotatable bonds is 8. The highest BCUT2D eigenvalue weighted by atomic mass is 35.5. The molecule has 0 radical (unpaired) electrons. The van der Waals surface area contributed by atoms with Crippen LogP contribution in [0.2, 0.25) is 0 Å². The molecule has 1 saturated carbocycles. The van der Waals surface area contributed by atoms with Crippen molar-refractivity contribution in [2.24, 2.45) is 5.92 Å². The average molecular weight is 326 g/mol. The largest absolute Gasteiger partial charge is 0.346 e. The van der Waals surface area contributed by atoms with Crippen LogP contribution in [0.3, 0.4) is 0 Å². The van der Waals surface area contributed by atoms with Gasteiger partial charge in [0.1, 0.15) is 0 Å². The van der Waals surface area contributed by atoms with E-state index >= 15 is 0 Å². The van der Waals surface area contributed by atoms with Gasteiger partial charge in [0, 0.05) is 13.6 Å². The molecular weight excluding hydrogens is 302 g/mol. The lowest BCUT2D eigenvalue weighted by molar-refractivity contribution is -0.132. The van der Waals surface area contributed by atoms with E-state index in [1.807, 2.05) is 30.3 Å². The number of halogens is 1. The van der Waals surface area contributed by atoms with Gasteiger partial charge in [0.05, 0.1) is 13.1 Å². The Morgan fingerprint density at radius 3 is 2.50 bits per heavy atom. The molecule has 2 N–H and O–H groups in total. The van der Waals surface area contributed by atoms with Gasteiger partial charge in [-0.3, -0.25) is 9.59 Å². The van der Waals surface area contributed by atoms with Crippen LogP contribution in [0.5, 0.6) is 0 Å². The highest BCUT2D eigenvalue weighted by Gasteiger charge is 2.20. The number of nitrogens with one attached hydrogen (secondary N) is 2. The molecular formula is C16H24ClN3O2. The topological polar surface area (TPSA) is 61.4 Å². The standard InChI is InChI=1S/C16H23N3O2.ClH/c1-19(12-14-5-3-2-4-6-14)16(21)11-18-15(20)10-17-9-13-7-8-13;/h2-6,13,17H,7-12H2,1H3,(H,18,20);1H. The van der Waals surface area contributed by atoms with Crippen molar-refractivity contribution in [2.45, 2.75) is 19.4 Å². The minimum Gasteiger partial charge on any atom is -0.346 e. The Hall–Kier alpha value is -1.59. The number of amides is 2. The van der Waals surface area contributed by atoms with Crippen molar-refractivity contribution < 1.29 is 9.59 Å². The van der Waals surface area contributed by atoms with Crippen LogP contribution in [0.25, 0.3) is 0 Å². The van der Waals surface area contributed by atoms with Gasteiger partial charge in [-0.15, -0.1) is 12.4 Å². The van der Waals surface area contributed by atoms with Crippen LogP contribution in [0.4, 0.5) is 0 Å². The summed E-state index contributed by atoms with van der Waals surface area (Å²) in [5.74, 6) is 0.531.